The van der Waals surface area contributed by atoms with Crippen molar-refractivity contribution >= 4 is 50.7 Å². The molecule has 1 heterocycles. The van der Waals surface area contributed by atoms with Crippen LogP contribution in [0, 0.1) is 17.0 Å². The molecule has 1 aromatic rings. The van der Waals surface area contributed by atoms with Crippen molar-refractivity contribution in [3.8, 4) is 5.75 Å². The lowest BCUT2D eigenvalue weighted by atomic mass is 10.2. The molecule has 50 heavy (non-hydrogen) atoms. The van der Waals surface area contributed by atoms with Crippen LogP contribution in [0.4, 0.5) is 5.69 Å². The number of nitro groups is 1. The first kappa shape index (κ1) is 44.0. The SMILES string of the molecule is Cc1ccc(OC(=O)CCCCCN2C(=O)CC(SCCCCCCOP(=O)(O)COCCCOP(=O)(O)OC(C)(C)C)C2=O)c([N+](=O)[O-])c1. The van der Waals surface area contributed by atoms with E-state index < -0.39 is 43.5 Å². The van der Waals surface area contributed by atoms with Gasteiger partial charge in [0.15, 0.2) is 0 Å². The quantitative estimate of drug-likeness (QED) is 0.0212. The molecule has 19 heteroatoms. The second kappa shape index (κ2) is 21.4. The van der Waals surface area contributed by atoms with Gasteiger partial charge in [0.1, 0.15) is 6.35 Å². The predicted molar refractivity (Wildman–Crippen MR) is 186 cm³/mol. The summed E-state index contributed by atoms with van der Waals surface area (Å²) in [5, 5.41) is 10.8. The van der Waals surface area contributed by atoms with Crippen molar-refractivity contribution in [3.63, 3.8) is 0 Å². The van der Waals surface area contributed by atoms with Crippen LogP contribution in [-0.2, 0) is 41.8 Å². The smallest absolute Gasteiger partial charge is 0.419 e. The van der Waals surface area contributed by atoms with Gasteiger partial charge in [-0.05, 0) is 77.2 Å². The van der Waals surface area contributed by atoms with Crippen LogP contribution in [0.2, 0.25) is 0 Å². The number of imide groups is 1. The molecule has 1 aliphatic rings. The Morgan fingerprint density at radius 2 is 1.68 bits per heavy atom. The molecule has 1 aliphatic heterocycles. The number of hydrogen-bond donors (Lipinski definition) is 2. The Morgan fingerprint density at radius 3 is 2.38 bits per heavy atom. The number of carbonyl (C=O) groups is 3. The first-order valence-electron chi connectivity index (χ1n) is 16.5. The molecule has 2 N–H and O–H groups in total. The molecule has 0 radical (unpaired) electrons. The molecule has 284 valence electrons. The number of rotatable bonds is 25. The maximum atomic E-state index is 12.8. The van der Waals surface area contributed by atoms with Crippen molar-refractivity contribution in [2.45, 2.75) is 103 Å². The molecule has 0 spiro atoms. The molecule has 16 nitrogen and oxygen atoms in total. The number of ether oxygens (including phenoxy) is 2. The Hall–Kier alpha value is -2.20. The first-order chi connectivity index (χ1) is 23.4. The minimum Gasteiger partial charge on any atom is -0.419 e. The molecule has 1 fully saturated rings. The Kier molecular flexibility index (Phi) is 18.8. The van der Waals surface area contributed by atoms with Crippen LogP contribution >= 0.6 is 27.2 Å². The summed E-state index contributed by atoms with van der Waals surface area (Å²) in [6.45, 7) is 6.79. The fourth-order valence-corrected chi connectivity index (χ4v) is 7.82. The third-order valence-corrected chi connectivity index (χ3v) is 10.7. The Balaban J connectivity index is 1.50. The zero-order chi connectivity index (χ0) is 37.4. The summed E-state index contributed by atoms with van der Waals surface area (Å²) >= 11 is 1.44. The minimum absolute atomic E-state index is 0.0265. The zero-order valence-corrected chi connectivity index (χ0v) is 31.7. The van der Waals surface area contributed by atoms with E-state index in [9.17, 15) is 43.4 Å². The van der Waals surface area contributed by atoms with E-state index in [1.165, 1.54) is 28.8 Å². The van der Waals surface area contributed by atoms with Gasteiger partial charge in [-0.3, -0.25) is 43.0 Å². The lowest BCUT2D eigenvalue weighted by Crippen LogP contribution is -2.32. The number of benzene rings is 1. The third-order valence-electron chi connectivity index (χ3n) is 6.98. The summed E-state index contributed by atoms with van der Waals surface area (Å²) in [6.07, 6.45) is 4.36. The summed E-state index contributed by atoms with van der Waals surface area (Å²) in [7, 11) is -8.14. The van der Waals surface area contributed by atoms with Gasteiger partial charge in [0.05, 0.1) is 29.0 Å². The highest BCUT2D eigenvalue weighted by Gasteiger charge is 2.38. The lowest BCUT2D eigenvalue weighted by Gasteiger charge is -2.22. The Bertz CT molecular complexity index is 1390. The average molecular weight is 769 g/mol. The second-order valence-corrected chi connectivity index (χ2v) is 17.2. The highest BCUT2D eigenvalue weighted by Crippen LogP contribution is 2.47. The number of phosphoric ester groups is 1. The van der Waals surface area contributed by atoms with E-state index in [4.69, 9.17) is 23.0 Å². The number of hydrogen-bond acceptors (Lipinski definition) is 13. The molecule has 0 saturated carbocycles. The standard InChI is InChI=1S/C31H50N2O14P2S/c1-24-14-15-26(25(21-24)33(37)38)46-29(35)13-8-7-9-16-32-28(34)22-27(30(32)36)50-20-11-6-5-10-18-44-48(39,40)23-43-17-12-19-45-49(41,42)47-31(2,3)4/h14-15,21,27H,5-13,16-20,22-23H2,1-4H3,(H,39,40)(H,41,42). The van der Waals surface area contributed by atoms with E-state index in [2.05, 4.69) is 0 Å². The van der Waals surface area contributed by atoms with Gasteiger partial charge in [-0.25, -0.2) is 4.57 Å². The van der Waals surface area contributed by atoms with Crippen LogP contribution < -0.4 is 4.74 Å². The minimum atomic E-state index is -4.20. The van der Waals surface area contributed by atoms with E-state index in [-0.39, 0.29) is 68.9 Å². The summed E-state index contributed by atoms with van der Waals surface area (Å²) < 4.78 is 49.1. The molecule has 0 bridgehead atoms. The number of phosphoric acid groups is 1. The summed E-state index contributed by atoms with van der Waals surface area (Å²) in [5.41, 5.74) is -0.451. The fourth-order valence-electron chi connectivity index (χ4n) is 4.68. The van der Waals surface area contributed by atoms with Crippen molar-refractivity contribution < 1.29 is 61.3 Å². The van der Waals surface area contributed by atoms with Crippen molar-refractivity contribution in [1.82, 2.24) is 4.90 Å². The average Bonchev–Trinajstić information content (AvgIpc) is 3.27. The molecule has 3 atom stereocenters. The molecule has 2 amide bonds. The van der Waals surface area contributed by atoms with Crippen LogP contribution in [0.1, 0.15) is 90.5 Å². The first-order valence-corrected chi connectivity index (χ1v) is 20.8. The molecule has 0 aromatic heterocycles. The van der Waals surface area contributed by atoms with Crippen LogP contribution in [0.5, 0.6) is 5.75 Å². The summed E-state index contributed by atoms with van der Waals surface area (Å²) in [4.78, 5) is 68.8. The maximum absolute atomic E-state index is 12.8. The van der Waals surface area contributed by atoms with Crippen molar-refractivity contribution in [2.24, 2.45) is 0 Å². The number of nitro benzene ring substituents is 1. The number of nitrogens with zero attached hydrogens (tertiary/aromatic N) is 2. The number of thioether (sulfide) groups is 1. The normalized spacial score (nSPS) is 17.5. The van der Waals surface area contributed by atoms with E-state index in [0.717, 1.165) is 19.3 Å². The van der Waals surface area contributed by atoms with Gasteiger partial charge in [-0.15, -0.1) is 11.8 Å². The molecule has 1 saturated heterocycles. The predicted octanol–water partition coefficient (Wildman–Crippen LogP) is 6.29. The van der Waals surface area contributed by atoms with Crippen LogP contribution in [0.25, 0.3) is 0 Å². The van der Waals surface area contributed by atoms with Gasteiger partial charge < -0.3 is 23.8 Å². The second-order valence-electron chi connectivity index (χ2n) is 12.7. The van der Waals surface area contributed by atoms with E-state index in [1.54, 1.807) is 33.8 Å². The van der Waals surface area contributed by atoms with E-state index in [1.807, 2.05) is 0 Å². The molecular formula is C31H50N2O14P2S. The van der Waals surface area contributed by atoms with E-state index in [0.29, 0.717) is 37.0 Å². The van der Waals surface area contributed by atoms with Crippen molar-refractivity contribution in [1.29, 1.82) is 0 Å². The molecule has 2 rings (SSSR count). The summed E-state index contributed by atoms with van der Waals surface area (Å²) in [6, 6.07) is 4.35. The van der Waals surface area contributed by atoms with Crippen LogP contribution in [0.15, 0.2) is 18.2 Å². The maximum Gasteiger partial charge on any atom is 0.472 e. The highest BCUT2D eigenvalue weighted by atomic mass is 32.2. The third kappa shape index (κ3) is 17.8. The van der Waals surface area contributed by atoms with Gasteiger partial charge in [-0.2, -0.15) is 0 Å². The Labute approximate surface area is 297 Å². The fraction of sp³-hybridized carbons (Fsp3) is 0.710. The van der Waals surface area contributed by atoms with Gasteiger partial charge in [0, 0.05) is 32.1 Å². The Morgan fingerprint density at radius 1 is 1.00 bits per heavy atom. The largest absolute Gasteiger partial charge is 0.472 e. The number of carbonyl (C=O) groups excluding carboxylic acids is 3. The molecule has 3 unspecified atom stereocenters. The van der Waals surface area contributed by atoms with Gasteiger partial charge in [-0.1, -0.05) is 25.3 Å². The lowest BCUT2D eigenvalue weighted by molar-refractivity contribution is -0.385. The zero-order valence-electron chi connectivity index (χ0n) is 29.1. The van der Waals surface area contributed by atoms with Gasteiger partial charge in [0.25, 0.3) is 0 Å². The molecular weight excluding hydrogens is 718 g/mol. The topological polar surface area (TPSA) is 218 Å². The number of unbranched alkanes of at least 4 members (excludes halogenated alkanes) is 5. The van der Waals surface area contributed by atoms with Gasteiger partial charge in [0.2, 0.25) is 17.6 Å². The van der Waals surface area contributed by atoms with Crippen molar-refractivity contribution in [3.05, 3.63) is 33.9 Å². The number of likely N-dealkylation sites (tertiary alicyclic amines) is 1. The summed E-state index contributed by atoms with van der Waals surface area (Å²) in [5.74, 6) is -0.436. The van der Waals surface area contributed by atoms with Gasteiger partial charge >= 0.3 is 27.1 Å². The van der Waals surface area contributed by atoms with E-state index >= 15 is 0 Å². The van der Waals surface area contributed by atoms with Crippen molar-refractivity contribution in [2.75, 3.05) is 38.5 Å². The molecule has 0 aliphatic carbocycles. The van der Waals surface area contributed by atoms with Crippen LogP contribution in [0.3, 0.4) is 0 Å². The number of aryl methyl sites for hydroxylation is 1. The number of amides is 2. The number of esters is 1. The molecule has 1 aromatic carbocycles. The highest BCUT2D eigenvalue weighted by molar-refractivity contribution is 8.00. The van der Waals surface area contributed by atoms with Crippen LogP contribution in [-0.4, -0.2) is 86.7 Å². The monoisotopic (exact) mass is 768 g/mol.